The van der Waals surface area contributed by atoms with Gasteiger partial charge in [-0.3, -0.25) is 0 Å². The van der Waals surface area contributed by atoms with Crippen molar-refractivity contribution in [2.45, 2.75) is 6.92 Å². The van der Waals surface area contributed by atoms with Crippen molar-refractivity contribution in [3.05, 3.63) is 23.5 Å². The molecular formula is C9H12FNO. The van der Waals surface area contributed by atoms with E-state index >= 15 is 0 Å². The molecule has 0 atom stereocenters. The predicted octanol–water partition coefficient (Wildman–Crippen LogP) is 2.18. The molecule has 3 heteroatoms. The molecule has 0 heterocycles. The van der Waals surface area contributed by atoms with E-state index in [1.807, 2.05) is 6.92 Å². The third-order valence-electron chi connectivity index (χ3n) is 1.77. The normalized spacial score (nSPS) is 9.67. The number of hydrogen-bond acceptors (Lipinski definition) is 2. The lowest BCUT2D eigenvalue weighted by Gasteiger charge is -2.08. The van der Waals surface area contributed by atoms with Crippen LogP contribution in [0.2, 0.25) is 0 Å². The molecule has 0 radical (unpaired) electrons. The summed E-state index contributed by atoms with van der Waals surface area (Å²) < 4.78 is 17.9. The van der Waals surface area contributed by atoms with Crippen LogP contribution in [-0.4, -0.2) is 14.2 Å². The second-order valence-corrected chi connectivity index (χ2v) is 2.55. The minimum Gasteiger partial charge on any atom is -0.494 e. The average molecular weight is 169 g/mol. The van der Waals surface area contributed by atoms with Crippen molar-refractivity contribution in [3.8, 4) is 5.75 Å². The van der Waals surface area contributed by atoms with Crippen molar-refractivity contribution in [3.63, 3.8) is 0 Å². The predicted molar refractivity (Wildman–Crippen MR) is 47.2 cm³/mol. The summed E-state index contributed by atoms with van der Waals surface area (Å²) in [5.41, 5.74) is 1.75. The number of methoxy groups -OCH3 is 1. The quantitative estimate of drug-likeness (QED) is 0.732. The smallest absolute Gasteiger partial charge is 0.167 e. The summed E-state index contributed by atoms with van der Waals surface area (Å²) in [7, 11) is 3.21. The van der Waals surface area contributed by atoms with Crippen molar-refractivity contribution in [1.82, 2.24) is 0 Å². The summed E-state index contributed by atoms with van der Waals surface area (Å²) in [5, 5.41) is 2.89. The first kappa shape index (κ1) is 8.84. The molecule has 0 amide bonds. The number of hydrogen-bond donors (Lipinski definition) is 1. The van der Waals surface area contributed by atoms with E-state index in [2.05, 4.69) is 5.32 Å². The van der Waals surface area contributed by atoms with Gasteiger partial charge in [-0.25, -0.2) is 4.39 Å². The molecule has 0 aliphatic rings. The number of ether oxygens (including phenoxy) is 1. The van der Waals surface area contributed by atoms with E-state index in [0.29, 0.717) is 0 Å². The number of aryl methyl sites for hydroxylation is 1. The summed E-state index contributed by atoms with van der Waals surface area (Å²) >= 11 is 0. The SMILES string of the molecule is CNc1cc(F)c(OC)cc1C. The highest BCUT2D eigenvalue weighted by atomic mass is 19.1. The molecular weight excluding hydrogens is 157 g/mol. The van der Waals surface area contributed by atoms with Crippen LogP contribution in [0.4, 0.5) is 10.1 Å². The van der Waals surface area contributed by atoms with Crippen molar-refractivity contribution in [2.75, 3.05) is 19.5 Å². The zero-order valence-corrected chi connectivity index (χ0v) is 7.44. The zero-order valence-electron chi connectivity index (χ0n) is 7.44. The number of benzene rings is 1. The van der Waals surface area contributed by atoms with Gasteiger partial charge in [0.15, 0.2) is 11.6 Å². The maximum Gasteiger partial charge on any atom is 0.167 e. The highest BCUT2D eigenvalue weighted by Crippen LogP contribution is 2.24. The van der Waals surface area contributed by atoms with Crippen LogP contribution in [0.25, 0.3) is 0 Å². The molecule has 1 N–H and O–H groups in total. The monoisotopic (exact) mass is 169 g/mol. The maximum absolute atomic E-state index is 13.1. The van der Waals surface area contributed by atoms with Crippen molar-refractivity contribution >= 4 is 5.69 Å². The topological polar surface area (TPSA) is 21.3 Å². The van der Waals surface area contributed by atoms with Crippen LogP contribution < -0.4 is 10.1 Å². The first-order valence-corrected chi connectivity index (χ1v) is 3.71. The lowest BCUT2D eigenvalue weighted by molar-refractivity contribution is 0.386. The van der Waals surface area contributed by atoms with Gasteiger partial charge in [0.2, 0.25) is 0 Å². The van der Waals surface area contributed by atoms with E-state index in [9.17, 15) is 4.39 Å². The Balaban J connectivity index is 3.16. The number of anilines is 1. The number of nitrogens with one attached hydrogen (secondary N) is 1. The Morgan fingerprint density at radius 3 is 2.58 bits per heavy atom. The minimum atomic E-state index is -0.340. The van der Waals surface area contributed by atoms with Crippen LogP contribution in [0.1, 0.15) is 5.56 Å². The van der Waals surface area contributed by atoms with Gasteiger partial charge in [0, 0.05) is 18.8 Å². The molecule has 0 unspecified atom stereocenters. The molecule has 0 aromatic heterocycles. The van der Waals surface area contributed by atoms with Gasteiger partial charge in [0.25, 0.3) is 0 Å². The van der Waals surface area contributed by atoms with E-state index < -0.39 is 0 Å². The highest BCUT2D eigenvalue weighted by Gasteiger charge is 2.05. The largest absolute Gasteiger partial charge is 0.494 e. The number of halogens is 1. The fourth-order valence-electron chi connectivity index (χ4n) is 1.08. The number of rotatable bonds is 2. The Bertz CT molecular complexity index is 256. The lowest BCUT2D eigenvalue weighted by Crippen LogP contribution is -1.95. The molecule has 0 spiro atoms. The zero-order chi connectivity index (χ0) is 9.14. The van der Waals surface area contributed by atoms with E-state index in [1.165, 1.54) is 13.2 Å². The van der Waals surface area contributed by atoms with Gasteiger partial charge < -0.3 is 10.1 Å². The van der Waals surface area contributed by atoms with Crippen LogP contribution in [-0.2, 0) is 0 Å². The second kappa shape index (κ2) is 3.43. The highest BCUT2D eigenvalue weighted by molar-refractivity contribution is 5.53. The maximum atomic E-state index is 13.1. The Kier molecular flexibility index (Phi) is 2.53. The Labute approximate surface area is 71.4 Å². The van der Waals surface area contributed by atoms with E-state index in [-0.39, 0.29) is 11.6 Å². The van der Waals surface area contributed by atoms with E-state index in [4.69, 9.17) is 4.74 Å². The fourth-order valence-corrected chi connectivity index (χ4v) is 1.08. The van der Waals surface area contributed by atoms with Crippen molar-refractivity contribution in [2.24, 2.45) is 0 Å². The summed E-state index contributed by atoms with van der Waals surface area (Å²) in [6.07, 6.45) is 0. The van der Waals surface area contributed by atoms with Gasteiger partial charge in [-0.2, -0.15) is 0 Å². The molecule has 12 heavy (non-hydrogen) atoms. The molecule has 0 saturated heterocycles. The lowest BCUT2D eigenvalue weighted by atomic mass is 10.2. The van der Waals surface area contributed by atoms with Crippen LogP contribution in [0.5, 0.6) is 5.75 Å². The molecule has 66 valence electrons. The third kappa shape index (κ3) is 1.49. The van der Waals surface area contributed by atoms with Gasteiger partial charge in [0.05, 0.1) is 7.11 Å². The van der Waals surface area contributed by atoms with Crippen LogP contribution in [0, 0.1) is 12.7 Å². The van der Waals surface area contributed by atoms with Crippen LogP contribution in [0.15, 0.2) is 12.1 Å². The minimum absolute atomic E-state index is 0.284. The van der Waals surface area contributed by atoms with Crippen molar-refractivity contribution in [1.29, 1.82) is 0 Å². The van der Waals surface area contributed by atoms with Gasteiger partial charge in [-0.1, -0.05) is 0 Å². The van der Waals surface area contributed by atoms with Crippen molar-refractivity contribution < 1.29 is 9.13 Å². The van der Waals surface area contributed by atoms with Crippen LogP contribution in [0.3, 0.4) is 0 Å². The molecule has 0 fully saturated rings. The fraction of sp³-hybridized carbons (Fsp3) is 0.333. The first-order valence-electron chi connectivity index (χ1n) is 3.71. The average Bonchev–Trinajstić information content (AvgIpc) is 2.08. The summed E-state index contributed by atoms with van der Waals surface area (Å²) in [5.74, 6) is -0.0565. The standard InChI is InChI=1S/C9H12FNO/c1-6-4-9(12-3)7(10)5-8(6)11-2/h4-5,11H,1-3H3. The molecule has 0 aliphatic heterocycles. The van der Waals surface area contributed by atoms with Gasteiger partial charge in [-0.05, 0) is 18.6 Å². The first-order chi connectivity index (χ1) is 5.69. The molecule has 2 nitrogen and oxygen atoms in total. The molecule has 0 saturated carbocycles. The van der Waals surface area contributed by atoms with Crippen LogP contribution >= 0.6 is 0 Å². The van der Waals surface area contributed by atoms with E-state index in [0.717, 1.165) is 11.3 Å². The molecule has 1 aromatic carbocycles. The molecule has 1 aromatic rings. The molecule has 0 aliphatic carbocycles. The van der Waals surface area contributed by atoms with Gasteiger partial charge in [-0.15, -0.1) is 0 Å². The second-order valence-electron chi connectivity index (χ2n) is 2.55. The Morgan fingerprint density at radius 2 is 2.08 bits per heavy atom. The van der Waals surface area contributed by atoms with E-state index in [1.54, 1.807) is 13.1 Å². The summed E-state index contributed by atoms with van der Waals surface area (Å²) in [6.45, 7) is 1.90. The molecule has 1 rings (SSSR count). The summed E-state index contributed by atoms with van der Waals surface area (Å²) in [4.78, 5) is 0. The Hall–Kier alpha value is -1.25. The Morgan fingerprint density at radius 1 is 1.42 bits per heavy atom. The third-order valence-corrected chi connectivity index (χ3v) is 1.77. The van der Waals surface area contributed by atoms with Gasteiger partial charge in [0.1, 0.15) is 0 Å². The molecule has 0 bridgehead atoms. The van der Waals surface area contributed by atoms with Gasteiger partial charge >= 0.3 is 0 Å². The summed E-state index contributed by atoms with van der Waals surface area (Å²) in [6, 6.07) is 3.09.